The van der Waals surface area contributed by atoms with Gasteiger partial charge in [-0.05, 0) is 30.5 Å². The minimum Gasteiger partial charge on any atom is -0.442 e. The van der Waals surface area contributed by atoms with Crippen LogP contribution in [0.3, 0.4) is 0 Å². The molecular formula is C20H30FN5O3. The van der Waals surface area contributed by atoms with Crippen LogP contribution < -0.4 is 26.2 Å². The molecule has 0 bridgehead atoms. The Kier molecular flexibility index (Phi) is 6.92. The van der Waals surface area contributed by atoms with Crippen LogP contribution in [0.25, 0.3) is 0 Å². The minimum absolute atomic E-state index is 0.175. The molecule has 2 amide bonds. The number of carbonyl (C=O) groups is 2. The molecule has 8 nitrogen and oxygen atoms in total. The number of ether oxygens (including phenoxy) is 1. The van der Waals surface area contributed by atoms with Crippen molar-refractivity contribution in [2.75, 3.05) is 49.1 Å². The number of nitrogens with two attached hydrogens (primary N) is 1. The average Bonchev–Trinajstić information content (AvgIpc) is 3.06. The Balaban J connectivity index is 1.57. The first kappa shape index (κ1) is 21.3. The molecule has 0 aromatic heterocycles. The average molecular weight is 407 g/mol. The van der Waals surface area contributed by atoms with Crippen molar-refractivity contribution in [1.29, 1.82) is 0 Å². The molecule has 0 radical (unpaired) electrons. The van der Waals surface area contributed by atoms with Gasteiger partial charge < -0.3 is 26.0 Å². The number of amides is 2. The van der Waals surface area contributed by atoms with Gasteiger partial charge in [-0.25, -0.2) is 9.18 Å². The lowest BCUT2D eigenvalue weighted by atomic mass is 10.0. The predicted molar refractivity (Wildman–Crippen MR) is 110 cm³/mol. The molecule has 0 aliphatic carbocycles. The summed E-state index contributed by atoms with van der Waals surface area (Å²) in [6.45, 7) is 7.51. The summed E-state index contributed by atoms with van der Waals surface area (Å²) in [6, 6.07) is 4.19. The van der Waals surface area contributed by atoms with E-state index in [1.807, 2.05) is 18.7 Å². The zero-order valence-electron chi connectivity index (χ0n) is 17.0. The summed E-state index contributed by atoms with van der Waals surface area (Å²) in [5.41, 5.74) is 6.84. The van der Waals surface area contributed by atoms with E-state index < -0.39 is 18.2 Å². The summed E-state index contributed by atoms with van der Waals surface area (Å²) in [5.74, 6) is -0.317. The third kappa shape index (κ3) is 5.36. The maximum absolute atomic E-state index is 14.6. The van der Waals surface area contributed by atoms with Gasteiger partial charge in [0.05, 0.1) is 30.5 Å². The Morgan fingerprint density at radius 1 is 1.38 bits per heavy atom. The van der Waals surface area contributed by atoms with Crippen molar-refractivity contribution < 1.29 is 18.7 Å². The molecular weight excluding hydrogens is 377 g/mol. The number of rotatable bonds is 7. The normalized spacial score (nSPS) is 20.7. The van der Waals surface area contributed by atoms with Crippen LogP contribution >= 0.6 is 0 Å². The zero-order chi connectivity index (χ0) is 21.0. The maximum Gasteiger partial charge on any atom is 0.414 e. The smallest absolute Gasteiger partial charge is 0.414 e. The number of nitrogens with zero attached hydrogens (tertiary/aromatic N) is 2. The third-order valence-electron chi connectivity index (χ3n) is 5.14. The highest BCUT2D eigenvalue weighted by Crippen LogP contribution is 2.28. The second-order valence-corrected chi connectivity index (χ2v) is 7.97. The van der Waals surface area contributed by atoms with E-state index in [2.05, 4.69) is 10.6 Å². The van der Waals surface area contributed by atoms with Crippen LogP contribution in [0, 0.1) is 11.7 Å². The van der Waals surface area contributed by atoms with Gasteiger partial charge in [0.25, 0.3) is 0 Å². The number of carbonyl (C=O) groups excluding carboxylic acids is 2. The van der Waals surface area contributed by atoms with E-state index in [1.165, 1.54) is 11.0 Å². The Hall–Kier alpha value is -2.39. The molecule has 4 N–H and O–H groups in total. The SMILES string of the molecule is CC(C)CC(N)C(=O)NC[C@@H]1CN(c2ccc(N3CCNCC3)c(F)c2)C(=O)O1. The molecule has 0 saturated carbocycles. The van der Waals surface area contributed by atoms with Crippen molar-refractivity contribution in [2.24, 2.45) is 11.7 Å². The molecule has 160 valence electrons. The quantitative estimate of drug-likeness (QED) is 0.625. The molecule has 3 rings (SSSR count). The Labute approximate surface area is 170 Å². The monoisotopic (exact) mass is 407 g/mol. The van der Waals surface area contributed by atoms with Crippen LogP contribution in [0.1, 0.15) is 20.3 Å². The van der Waals surface area contributed by atoms with Gasteiger partial charge in [0.2, 0.25) is 5.91 Å². The molecule has 2 fully saturated rings. The van der Waals surface area contributed by atoms with E-state index in [0.29, 0.717) is 23.7 Å². The lowest BCUT2D eigenvalue weighted by Crippen LogP contribution is -2.44. The van der Waals surface area contributed by atoms with Crippen LogP contribution in [0.4, 0.5) is 20.6 Å². The van der Waals surface area contributed by atoms with Gasteiger partial charge in [0.15, 0.2) is 0 Å². The highest BCUT2D eigenvalue weighted by atomic mass is 19.1. The number of halogens is 1. The summed E-state index contributed by atoms with van der Waals surface area (Å²) < 4.78 is 20.0. The first-order chi connectivity index (χ1) is 13.8. The lowest BCUT2D eigenvalue weighted by molar-refractivity contribution is -0.123. The van der Waals surface area contributed by atoms with Crippen LogP contribution in [0.2, 0.25) is 0 Å². The third-order valence-corrected chi connectivity index (χ3v) is 5.14. The second-order valence-electron chi connectivity index (χ2n) is 7.97. The van der Waals surface area contributed by atoms with Crippen molar-refractivity contribution in [1.82, 2.24) is 10.6 Å². The van der Waals surface area contributed by atoms with E-state index in [-0.39, 0.29) is 24.8 Å². The fraction of sp³-hybridized carbons (Fsp3) is 0.600. The first-order valence-corrected chi connectivity index (χ1v) is 10.1. The van der Waals surface area contributed by atoms with Gasteiger partial charge in [0.1, 0.15) is 11.9 Å². The summed E-state index contributed by atoms with van der Waals surface area (Å²) in [7, 11) is 0. The number of anilines is 2. The summed E-state index contributed by atoms with van der Waals surface area (Å²) in [4.78, 5) is 27.7. The van der Waals surface area contributed by atoms with Gasteiger partial charge in [-0.3, -0.25) is 9.69 Å². The number of benzene rings is 1. The number of nitrogens with one attached hydrogen (secondary N) is 2. The van der Waals surface area contributed by atoms with Gasteiger partial charge in [-0.1, -0.05) is 13.8 Å². The molecule has 9 heteroatoms. The molecule has 1 aromatic carbocycles. The second kappa shape index (κ2) is 9.41. The number of hydrogen-bond donors (Lipinski definition) is 3. The van der Waals surface area contributed by atoms with Gasteiger partial charge >= 0.3 is 6.09 Å². The maximum atomic E-state index is 14.6. The highest BCUT2D eigenvalue weighted by Gasteiger charge is 2.33. The molecule has 1 aromatic rings. The first-order valence-electron chi connectivity index (χ1n) is 10.1. The molecule has 29 heavy (non-hydrogen) atoms. The fourth-order valence-electron chi connectivity index (χ4n) is 3.62. The summed E-state index contributed by atoms with van der Waals surface area (Å²) >= 11 is 0. The number of piperazine rings is 1. The van der Waals surface area contributed by atoms with Crippen molar-refractivity contribution >= 4 is 23.4 Å². The zero-order valence-corrected chi connectivity index (χ0v) is 17.0. The van der Waals surface area contributed by atoms with Crippen LogP contribution in [-0.4, -0.2) is 63.4 Å². The number of hydrogen-bond acceptors (Lipinski definition) is 6. The molecule has 2 saturated heterocycles. The molecule has 2 heterocycles. The Morgan fingerprint density at radius 2 is 2.10 bits per heavy atom. The van der Waals surface area contributed by atoms with E-state index in [4.69, 9.17) is 10.5 Å². The van der Waals surface area contributed by atoms with E-state index in [1.54, 1.807) is 12.1 Å². The van der Waals surface area contributed by atoms with Crippen LogP contribution in [0.15, 0.2) is 18.2 Å². The topological polar surface area (TPSA) is 99.9 Å². The molecule has 1 unspecified atom stereocenters. The largest absolute Gasteiger partial charge is 0.442 e. The highest BCUT2D eigenvalue weighted by molar-refractivity contribution is 5.90. The summed E-state index contributed by atoms with van der Waals surface area (Å²) in [5, 5.41) is 5.97. The van der Waals surface area contributed by atoms with Crippen molar-refractivity contribution in [2.45, 2.75) is 32.4 Å². The molecule has 2 aliphatic rings. The summed E-state index contributed by atoms with van der Waals surface area (Å²) in [6.07, 6.45) is -0.472. The Bertz CT molecular complexity index is 739. The standard InChI is InChI=1S/C20H30FN5O3/c1-13(2)9-17(22)19(27)24-11-15-12-26(20(28)29-15)14-3-4-18(16(21)10-14)25-7-5-23-6-8-25/h3-4,10,13,15,17,23H,5-9,11-12,22H2,1-2H3,(H,24,27)/t15-,17?/m1/s1. The van der Waals surface area contributed by atoms with Gasteiger partial charge in [0, 0.05) is 26.2 Å². The van der Waals surface area contributed by atoms with Crippen molar-refractivity contribution in [3.63, 3.8) is 0 Å². The Morgan fingerprint density at radius 3 is 2.76 bits per heavy atom. The van der Waals surface area contributed by atoms with Gasteiger partial charge in [-0.15, -0.1) is 0 Å². The predicted octanol–water partition coefficient (Wildman–Crippen LogP) is 1.05. The van der Waals surface area contributed by atoms with Crippen molar-refractivity contribution in [3.05, 3.63) is 24.0 Å². The minimum atomic E-state index is -0.588. The van der Waals surface area contributed by atoms with Crippen LogP contribution in [-0.2, 0) is 9.53 Å². The van der Waals surface area contributed by atoms with Gasteiger partial charge in [-0.2, -0.15) is 0 Å². The number of cyclic esters (lactones) is 1. The van der Waals surface area contributed by atoms with E-state index in [0.717, 1.165) is 26.2 Å². The van der Waals surface area contributed by atoms with E-state index in [9.17, 15) is 14.0 Å². The van der Waals surface area contributed by atoms with Crippen molar-refractivity contribution in [3.8, 4) is 0 Å². The lowest BCUT2D eigenvalue weighted by Gasteiger charge is -2.30. The molecule has 2 aliphatic heterocycles. The molecule has 2 atom stereocenters. The molecule has 0 spiro atoms. The van der Waals surface area contributed by atoms with E-state index >= 15 is 0 Å². The van der Waals surface area contributed by atoms with Crippen LogP contribution in [0.5, 0.6) is 0 Å². The fourth-order valence-corrected chi connectivity index (χ4v) is 3.62.